The third-order valence-electron chi connectivity index (χ3n) is 3.23. The lowest BCUT2D eigenvalue weighted by molar-refractivity contribution is -0.00561. The summed E-state index contributed by atoms with van der Waals surface area (Å²) in [6.07, 6.45) is 4.42. The molecule has 3 rings (SSSR count). The molecule has 0 unspecified atom stereocenters. The van der Waals surface area contributed by atoms with Crippen LogP contribution in [0.4, 0.5) is 0 Å². The van der Waals surface area contributed by atoms with Crippen molar-refractivity contribution in [3.8, 4) is 0 Å². The first-order valence-electron chi connectivity index (χ1n) is 6.04. The Morgan fingerprint density at radius 2 is 2.42 bits per heavy atom. The number of carbonyl (C=O) groups excluding carboxylic acids is 1. The van der Waals surface area contributed by atoms with Crippen LogP contribution in [-0.4, -0.2) is 45.7 Å². The molecule has 0 bridgehead atoms. The highest BCUT2D eigenvalue weighted by molar-refractivity contribution is 5.91. The molecule has 1 fully saturated rings. The van der Waals surface area contributed by atoms with Gasteiger partial charge in [0.15, 0.2) is 6.39 Å². The van der Waals surface area contributed by atoms with E-state index in [1.165, 1.54) is 12.6 Å². The zero-order chi connectivity index (χ0) is 13.2. The smallest absolute Gasteiger partial charge is 0.292 e. The van der Waals surface area contributed by atoms with Gasteiger partial charge in [0, 0.05) is 6.54 Å². The molecule has 0 aromatic carbocycles. The van der Waals surface area contributed by atoms with Crippen LogP contribution in [0.1, 0.15) is 27.9 Å². The molecular weight excluding hydrogens is 248 g/mol. The zero-order valence-corrected chi connectivity index (χ0v) is 10.5. The number of carbonyl (C=O) groups is 1. The quantitative estimate of drug-likeness (QED) is 0.870. The highest BCUT2D eigenvalue weighted by atomic mass is 16.5. The summed E-state index contributed by atoms with van der Waals surface area (Å²) in [6, 6.07) is -0.172. The Morgan fingerprint density at radius 3 is 3.11 bits per heavy atom. The molecule has 2 aromatic rings. The first kappa shape index (κ1) is 11.9. The molecule has 0 spiro atoms. The number of H-pyrrole nitrogens is 1. The number of aromatic amines is 1. The second-order valence-electron chi connectivity index (χ2n) is 4.42. The Kier molecular flexibility index (Phi) is 3.04. The van der Waals surface area contributed by atoms with E-state index in [0.717, 1.165) is 11.3 Å². The number of ether oxygens (including phenoxy) is 1. The summed E-state index contributed by atoms with van der Waals surface area (Å²) in [7, 11) is 0. The van der Waals surface area contributed by atoms with Crippen molar-refractivity contribution in [3.63, 3.8) is 0 Å². The molecule has 7 nitrogen and oxygen atoms in total. The van der Waals surface area contributed by atoms with Crippen molar-refractivity contribution in [2.45, 2.75) is 13.0 Å². The molecule has 0 saturated carbocycles. The predicted octanol–water partition coefficient (Wildman–Crippen LogP) is 0.920. The molecule has 1 amide bonds. The molecule has 0 radical (unpaired) electrons. The number of nitrogens with zero attached hydrogens (tertiary/aromatic N) is 3. The van der Waals surface area contributed by atoms with E-state index in [1.54, 1.807) is 11.1 Å². The maximum absolute atomic E-state index is 12.4. The van der Waals surface area contributed by atoms with E-state index in [-0.39, 0.29) is 17.7 Å². The molecule has 7 heteroatoms. The Hall–Kier alpha value is -2.15. The van der Waals surface area contributed by atoms with Gasteiger partial charge >= 0.3 is 0 Å². The molecule has 1 aliphatic rings. The first-order valence-corrected chi connectivity index (χ1v) is 6.04. The van der Waals surface area contributed by atoms with Crippen LogP contribution in [0, 0.1) is 6.92 Å². The summed E-state index contributed by atoms with van der Waals surface area (Å²) < 4.78 is 10.5. The van der Waals surface area contributed by atoms with Crippen LogP contribution >= 0.6 is 0 Å². The minimum atomic E-state index is -0.181. The number of oxazole rings is 1. The fourth-order valence-corrected chi connectivity index (χ4v) is 2.24. The Balaban J connectivity index is 1.90. The van der Waals surface area contributed by atoms with Gasteiger partial charge in [-0.05, 0) is 12.5 Å². The minimum Gasteiger partial charge on any atom is -0.438 e. The van der Waals surface area contributed by atoms with E-state index in [2.05, 4.69) is 15.2 Å². The molecule has 1 aliphatic heterocycles. The van der Waals surface area contributed by atoms with Crippen LogP contribution in [0.2, 0.25) is 0 Å². The van der Waals surface area contributed by atoms with Crippen molar-refractivity contribution in [2.24, 2.45) is 0 Å². The molecular formula is C12H14N4O3. The topological polar surface area (TPSA) is 84.2 Å². The van der Waals surface area contributed by atoms with Gasteiger partial charge in [-0.25, -0.2) is 4.98 Å². The van der Waals surface area contributed by atoms with Gasteiger partial charge in [0.05, 0.1) is 37.3 Å². The van der Waals surface area contributed by atoms with Crippen LogP contribution in [0.5, 0.6) is 0 Å². The normalized spacial score (nSPS) is 19.6. The third kappa shape index (κ3) is 2.12. The summed E-state index contributed by atoms with van der Waals surface area (Å²) in [5, 5.41) is 6.93. The Bertz CT molecular complexity index is 563. The van der Waals surface area contributed by atoms with Gasteiger partial charge in [-0.15, -0.1) is 0 Å². The second-order valence-corrected chi connectivity index (χ2v) is 4.42. The van der Waals surface area contributed by atoms with E-state index in [0.29, 0.717) is 19.8 Å². The molecule has 2 aromatic heterocycles. The second kappa shape index (κ2) is 4.85. The maximum Gasteiger partial charge on any atom is 0.292 e. The van der Waals surface area contributed by atoms with E-state index in [9.17, 15) is 4.79 Å². The number of rotatable bonds is 2. The average Bonchev–Trinajstić information content (AvgIpc) is 3.09. The lowest BCUT2D eigenvalue weighted by atomic mass is 10.1. The van der Waals surface area contributed by atoms with E-state index in [1.807, 2.05) is 6.92 Å². The van der Waals surface area contributed by atoms with Gasteiger partial charge in [-0.3, -0.25) is 9.89 Å². The summed E-state index contributed by atoms with van der Waals surface area (Å²) in [6.45, 7) is 3.43. The van der Waals surface area contributed by atoms with Crippen LogP contribution in [0.25, 0.3) is 0 Å². The number of hydrogen-bond acceptors (Lipinski definition) is 5. The van der Waals surface area contributed by atoms with Gasteiger partial charge in [-0.1, -0.05) is 0 Å². The van der Waals surface area contributed by atoms with Crippen molar-refractivity contribution in [1.29, 1.82) is 0 Å². The first-order chi connectivity index (χ1) is 9.27. The molecule has 1 saturated heterocycles. The number of aryl methyl sites for hydroxylation is 1. The molecule has 100 valence electrons. The average molecular weight is 262 g/mol. The Morgan fingerprint density at radius 1 is 1.53 bits per heavy atom. The fraction of sp³-hybridized carbons (Fsp3) is 0.417. The summed E-state index contributed by atoms with van der Waals surface area (Å²) >= 11 is 0. The third-order valence-corrected chi connectivity index (χ3v) is 3.23. The van der Waals surface area contributed by atoms with Gasteiger partial charge in [-0.2, -0.15) is 5.10 Å². The molecule has 19 heavy (non-hydrogen) atoms. The van der Waals surface area contributed by atoms with Gasteiger partial charge in [0.25, 0.3) is 5.91 Å². The lowest BCUT2D eigenvalue weighted by Crippen LogP contribution is -2.43. The highest BCUT2D eigenvalue weighted by Crippen LogP contribution is 2.26. The zero-order valence-electron chi connectivity index (χ0n) is 10.5. The van der Waals surface area contributed by atoms with Crippen molar-refractivity contribution in [2.75, 3.05) is 19.8 Å². The summed E-state index contributed by atoms with van der Waals surface area (Å²) in [5.41, 5.74) is 1.90. The monoisotopic (exact) mass is 262 g/mol. The number of hydrogen-bond donors (Lipinski definition) is 1. The highest BCUT2D eigenvalue weighted by Gasteiger charge is 2.32. The van der Waals surface area contributed by atoms with Crippen molar-refractivity contribution >= 4 is 5.91 Å². The molecule has 3 heterocycles. The SMILES string of the molecule is Cc1cn[nH]c1[C@H]1COCCN1C(=O)c1cnco1. The van der Waals surface area contributed by atoms with Crippen molar-refractivity contribution in [1.82, 2.24) is 20.1 Å². The maximum atomic E-state index is 12.4. The standard InChI is InChI=1S/C12H14N4O3/c1-8-4-14-15-11(8)9-6-18-3-2-16(9)12(17)10-5-13-7-19-10/h4-5,7,9H,2-3,6H2,1H3,(H,14,15)/t9-/m1/s1. The van der Waals surface area contributed by atoms with Gasteiger partial charge in [0.1, 0.15) is 0 Å². The summed E-state index contributed by atoms with van der Waals surface area (Å²) in [4.78, 5) is 17.9. The van der Waals surface area contributed by atoms with Crippen LogP contribution < -0.4 is 0 Å². The van der Waals surface area contributed by atoms with Crippen molar-refractivity contribution in [3.05, 3.63) is 35.8 Å². The van der Waals surface area contributed by atoms with Crippen molar-refractivity contribution < 1.29 is 13.9 Å². The largest absolute Gasteiger partial charge is 0.438 e. The molecule has 1 atom stereocenters. The van der Waals surface area contributed by atoms with Crippen LogP contribution in [0.15, 0.2) is 23.2 Å². The minimum absolute atomic E-state index is 0.172. The van der Waals surface area contributed by atoms with E-state index < -0.39 is 0 Å². The molecule has 0 aliphatic carbocycles. The van der Waals surface area contributed by atoms with E-state index >= 15 is 0 Å². The van der Waals surface area contributed by atoms with Gasteiger partial charge < -0.3 is 14.1 Å². The van der Waals surface area contributed by atoms with E-state index in [4.69, 9.17) is 9.15 Å². The fourth-order valence-electron chi connectivity index (χ4n) is 2.24. The number of amides is 1. The van der Waals surface area contributed by atoms with Crippen LogP contribution in [0.3, 0.4) is 0 Å². The number of aromatic nitrogens is 3. The van der Waals surface area contributed by atoms with Crippen LogP contribution in [-0.2, 0) is 4.74 Å². The summed E-state index contributed by atoms with van der Waals surface area (Å²) in [5.74, 6) is 0.0591. The Labute approximate surface area is 109 Å². The van der Waals surface area contributed by atoms with Gasteiger partial charge in [0.2, 0.25) is 5.76 Å². The number of morpholine rings is 1. The molecule has 1 N–H and O–H groups in total. The lowest BCUT2D eigenvalue weighted by Gasteiger charge is -2.34. The number of nitrogens with one attached hydrogen (secondary N) is 1. The predicted molar refractivity (Wildman–Crippen MR) is 64.4 cm³/mol.